The van der Waals surface area contributed by atoms with Gasteiger partial charge in [0.1, 0.15) is 0 Å². The third-order valence-electron chi connectivity index (χ3n) is 5.42. The summed E-state index contributed by atoms with van der Waals surface area (Å²) in [5.74, 6) is 1.76. The number of rotatable bonds is 6. The minimum Gasteiger partial charge on any atom is -0.493 e. The number of hydrogen-bond acceptors (Lipinski definition) is 6. The Morgan fingerprint density at radius 1 is 0.963 bits per heavy atom. The van der Waals surface area contributed by atoms with Crippen molar-refractivity contribution in [1.29, 1.82) is 0 Å². The first-order valence-corrected chi connectivity index (χ1v) is 9.62. The first-order chi connectivity index (χ1) is 13.1. The minimum atomic E-state index is 0.235. The van der Waals surface area contributed by atoms with E-state index in [4.69, 9.17) is 14.2 Å². The molecular weight excluding hydrogens is 346 g/mol. The molecule has 0 radical (unpaired) electrons. The molecule has 27 heavy (non-hydrogen) atoms. The summed E-state index contributed by atoms with van der Waals surface area (Å²) < 4.78 is 16.2. The number of carbonyl (C=O) groups is 1. The van der Waals surface area contributed by atoms with Crippen molar-refractivity contribution in [3.63, 3.8) is 0 Å². The van der Waals surface area contributed by atoms with Crippen molar-refractivity contribution in [2.24, 2.45) is 0 Å². The van der Waals surface area contributed by atoms with Gasteiger partial charge in [0.15, 0.2) is 11.5 Å². The maximum Gasteiger partial charge on any atom is 0.236 e. The van der Waals surface area contributed by atoms with Gasteiger partial charge in [-0.1, -0.05) is 0 Å². The molecule has 2 saturated heterocycles. The van der Waals surface area contributed by atoms with Gasteiger partial charge in [0, 0.05) is 45.8 Å². The number of methoxy groups -OCH3 is 2. The molecule has 150 valence electrons. The molecule has 2 aliphatic rings. The van der Waals surface area contributed by atoms with E-state index in [0.29, 0.717) is 6.54 Å². The lowest BCUT2D eigenvalue weighted by molar-refractivity contribution is -0.135. The quantitative estimate of drug-likeness (QED) is 0.737. The van der Waals surface area contributed by atoms with Crippen LogP contribution in [0.25, 0.3) is 0 Å². The Balaban J connectivity index is 1.51. The van der Waals surface area contributed by atoms with E-state index in [0.717, 1.165) is 70.5 Å². The Hall–Kier alpha value is -1.83. The van der Waals surface area contributed by atoms with Crippen LogP contribution in [-0.2, 0) is 16.1 Å². The third kappa shape index (κ3) is 5.12. The zero-order valence-electron chi connectivity index (χ0n) is 16.7. The molecule has 0 bridgehead atoms. The third-order valence-corrected chi connectivity index (χ3v) is 5.42. The van der Waals surface area contributed by atoms with Crippen LogP contribution in [0.2, 0.25) is 0 Å². The average molecular weight is 377 g/mol. The summed E-state index contributed by atoms with van der Waals surface area (Å²) >= 11 is 0. The number of aryl methyl sites for hydroxylation is 1. The first kappa shape index (κ1) is 19.9. The largest absolute Gasteiger partial charge is 0.493 e. The number of carbonyl (C=O) groups excluding carboxylic acids is 1. The van der Waals surface area contributed by atoms with Crippen LogP contribution in [0.1, 0.15) is 11.1 Å². The number of benzene rings is 1. The number of piperazine rings is 1. The molecule has 0 aromatic heterocycles. The van der Waals surface area contributed by atoms with Gasteiger partial charge in [-0.3, -0.25) is 14.6 Å². The van der Waals surface area contributed by atoms with Crippen molar-refractivity contribution in [1.82, 2.24) is 14.7 Å². The summed E-state index contributed by atoms with van der Waals surface area (Å²) in [7, 11) is 3.32. The number of nitrogens with zero attached hydrogens (tertiary/aromatic N) is 3. The van der Waals surface area contributed by atoms with Gasteiger partial charge >= 0.3 is 0 Å². The fourth-order valence-corrected chi connectivity index (χ4v) is 3.64. The Labute approximate surface area is 161 Å². The van der Waals surface area contributed by atoms with Crippen LogP contribution in [0, 0.1) is 6.92 Å². The van der Waals surface area contributed by atoms with Crippen LogP contribution in [0.5, 0.6) is 11.5 Å². The summed E-state index contributed by atoms with van der Waals surface area (Å²) in [5.41, 5.74) is 2.43. The second-order valence-corrected chi connectivity index (χ2v) is 7.18. The van der Waals surface area contributed by atoms with Crippen molar-refractivity contribution in [3.8, 4) is 11.5 Å². The van der Waals surface area contributed by atoms with E-state index in [1.807, 2.05) is 11.0 Å². The minimum absolute atomic E-state index is 0.235. The number of morpholine rings is 1. The Bertz CT molecular complexity index is 638. The molecule has 2 heterocycles. The van der Waals surface area contributed by atoms with Crippen LogP contribution >= 0.6 is 0 Å². The van der Waals surface area contributed by atoms with E-state index in [2.05, 4.69) is 22.8 Å². The highest BCUT2D eigenvalue weighted by molar-refractivity contribution is 5.78. The highest BCUT2D eigenvalue weighted by atomic mass is 16.5. The lowest BCUT2D eigenvalue weighted by Gasteiger charge is -2.36. The van der Waals surface area contributed by atoms with Gasteiger partial charge in [-0.25, -0.2) is 0 Å². The van der Waals surface area contributed by atoms with Crippen LogP contribution < -0.4 is 9.47 Å². The van der Waals surface area contributed by atoms with Crippen LogP contribution in [0.4, 0.5) is 0 Å². The second-order valence-electron chi connectivity index (χ2n) is 7.18. The van der Waals surface area contributed by atoms with Crippen molar-refractivity contribution in [3.05, 3.63) is 23.3 Å². The predicted octanol–water partition coefficient (Wildman–Crippen LogP) is 0.989. The average Bonchev–Trinajstić information content (AvgIpc) is 2.70. The Kier molecular flexibility index (Phi) is 6.93. The van der Waals surface area contributed by atoms with Crippen molar-refractivity contribution in [2.45, 2.75) is 13.5 Å². The summed E-state index contributed by atoms with van der Waals surface area (Å²) in [6, 6.07) is 4.08. The zero-order valence-corrected chi connectivity index (χ0v) is 16.7. The predicted molar refractivity (Wildman–Crippen MR) is 103 cm³/mol. The fourth-order valence-electron chi connectivity index (χ4n) is 3.64. The standard InChI is InChI=1S/C20H31N3O4/c1-16-12-18(25-2)19(26-3)13-17(16)14-21-4-6-23(7-5-21)20(24)15-22-8-10-27-11-9-22/h12-13H,4-11,14-15H2,1-3H3. The van der Waals surface area contributed by atoms with Gasteiger partial charge in [-0.2, -0.15) is 0 Å². The smallest absolute Gasteiger partial charge is 0.236 e. The normalized spacial score (nSPS) is 19.1. The van der Waals surface area contributed by atoms with Crippen molar-refractivity contribution in [2.75, 3.05) is 73.2 Å². The van der Waals surface area contributed by atoms with E-state index in [1.165, 1.54) is 11.1 Å². The maximum atomic E-state index is 12.5. The van der Waals surface area contributed by atoms with E-state index >= 15 is 0 Å². The molecule has 2 fully saturated rings. The molecule has 0 aliphatic carbocycles. The molecule has 0 atom stereocenters. The molecule has 0 spiro atoms. The molecule has 0 saturated carbocycles. The van der Waals surface area contributed by atoms with Crippen molar-refractivity contribution < 1.29 is 19.0 Å². The molecule has 1 aromatic rings. The summed E-state index contributed by atoms with van der Waals surface area (Å²) in [6.07, 6.45) is 0. The second kappa shape index (κ2) is 9.39. The Morgan fingerprint density at radius 3 is 2.22 bits per heavy atom. The topological polar surface area (TPSA) is 54.5 Å². The maximum absolute atomic E-state index is 12.5. The number of ether oxygens (including phenoxy) is 3. The molecule has 1 aromatic carbocycles. The molecule has 2 aliphatic heterocycles. The highest BCUT2D eigenvalue weighted by Crippen LogP contribution is 2.30. The lowest BCUT2D eigenvalue weighted by atomic mass is 10.1. The molecule has 7 nitrogen and oxygen atoms in total. The molecular formula is C20H31N3O4. The van der Waals surface area contributed by atoms with Crippen LogP contribution in [0.15, 0.2) is 12.1 Å². The lowest BCUT2D eigenvalue weighted by Crippen LogP contribution is -2.52. The fraction of sp³-hybridized carbons (Fsp3) is 0.650. The number of amides is 1. The van der Waals surface area contributed by atoms with Crippen LogP contribution in [0.3, 0.4) is 0 Å². The molecule has 0 unspecified atom stereocenters. The molecule has 1 amide bonds. The monoisotopic (exact) mass is 377 g/mol. The van der Waals surface area contributed by atoms with E-state index in [1.54, 1.807) is 14.2 Å². The number of hydrogen-bond donors (Lipinski definition) is 0. The SMILES string of the molecule is COc1cc(C)c(CN2CCN(C(=O)CN3CCOCC3)CC2)cc1OC. The first-order valence-electron chi connectivity index (χ1n) is 9.62. The molecule has 3 rings (SSSR count). The van der Waals surface area contributed by atoms with Crippen molar-refractivity contribution >= 4 is 5.91 Å². The summed E-state index contributed by atoms with van der Waals surface area (Å²) in [5, 5.41) is 0. The van der Waals surface area contributed by atoms with Gasteiger partial charge < -0.3 is 19.1 Å². The van der Waals surface area contributed by atoms with E-state index in [9.17, 15) is 4.79 Å². The van der Waals surface area contributed by atoms with Gasteiger partial charge in [-0.15, -0.1) is 0 Å². The Morgan fingerprint density at radius 2 is 1.59 bits per heavy atom. The highest BCUT2D eigenvalue weighted by Gasteiger charge is 2.24. The summed E-state index contributed by atoms with van der Waals surface area (Å²) in [4.78, 5) is 19.1. The van der Waals surface area contributed by atoms with Gasteiger partial charge in [-0.05, 0) is 30.2 Å². The van der Waals surface area contributed by atoms with Gasteiger partial charge in [0.05, 0.1) is 34.0 Å². The molecule has 0 N–H and O–H groups in total. The zero-order chi connectivity index (χ0) is 19.2. The van der Waals surface area contributed by atoms with E-state index in [-0.39, 0.29) is 5.91 Å². The van der Waals surface area contributed by atoms with Gasteiger partial charge in [0.2, 0.25) is 5.91 Å². The van der Waals surface area contributed by atoms with Gasteiger partial charge in [0.25, 0.3) is 0 Å². The molecule has 7 heteroatoms. The van der Waals surface area contributed by atoms with E-state index < -0.39 is 0 Å². The summed E-state index contributed by atoms with van der Waals surface area (Å²) in [6.45, 7) is 9.98. The van der Waals surface area contributed by atoms with Crippen LogP contribution in [-0.4, -0.2) is 93.9 Å².